The SMILES string of the molecule is CNC(=O)NC(=O)C(C)Nc1ccc(N(C)C)cc1. The first kappa shape index (κ1) is 14.8. The van der Waals surface area contributed by atoms with Gasteiger partial charge in [-0.05, 0) is 31.2 Å². The van der Waals surface area contributed by atoms with E-state index in [9.17, 15) is 9.59 Å². The van der Waals surface area contributed by atoms with Gasteiger partial charge in [-0.3, -0.25) is 10.1 Å². The molecule has 19 heavy (non-hydrogen) atoms. The van der Waals surface area contributed by atoms with Gasteiger partial charge in [-0.1, -0.05) is 0 Å². The number of hydrogen-bond donors (Lipinski definition) is 3. The smallest absolute Gasteiger partial charge is 0.321 e. The lowest BCUT2D eigenvalue weighted by atomic mass is 10.2. The molecule has 1 aromatic rings. The summed E-state index contributed by atoms with van der Waals surface area (Å²) in [7, 11) is 5.38. The quantitative estimate of drug-likeness (QED) is 0.759. The van der Waals surface area contributed by atoms with E-state index in [-0.39, 0.29) is 5.91 Å². The van der Waals surface area contributed by atoms with Crippen molar-refractivity contribution in [1.82, 2.24) is 10.6 Å². The lowest BCUT2D eigenvalue weighted by Crippen LogP contribution is -2.44. The topological polar surface area (TPSA) is 73.5 Å². The van der Waals surface area contributed by atoms with Crippen LogP contribution in [0.4, 0.5) is 16.2 Å². The minimum atomic E-state index is -0.512. The standard InChI is InChI=1S/C13H20N4O2/c1-9(12(18)16-13(19)14-2)15-10-5-7-11(8-6-10)17(3)4/h5-9,15H,1-4H3,(H2,14,16,18,19). The van der Waals surface area contributed by atoms with Crippen LogP contribution in [0.2, 0.25) is 0 Å². The first-order valence-electron chi connectivity index (χ1n) is 6.00. The highest BCUT2D eigenvalue weighted by atomic mass is 16.2. The Morgan fingerprint density at radius 2 is 1.74 bits per heavy atom. The molecule has 0 bridgehead atoms. The Balaban J connectivity index is 2.58. The molecular weight excluding hydrogens is 244 g/mol. The van der Waals surface area contributed by atoms with Gasteiger partial charge in [0.25, 0.3) is 0 Å². The molecule has 6 heteroatoms. The van der Waals surface area contributed by atoms with E-state index in [1.54, 1.807) is 6.92 Å². The summed E-state index contributed by atoms with van der Waals surface area (Å²) in [6.45, 7) is 1.69. The van der Waals surface area contributed by atoms with Crippen molar-refractivity contribution in [1.29, 1.82) is 0 Å². The average Bonchev–Trinajstić information content (AvgIpc) is 2.38. The molecule has 0 aromatic heterocycles. The van der Waals surface area contributed by atoms with Gasteiger partial charge in [0.15, 0.2) is 0 Å². The summed E-state index contributed by atoms with van der Waals surface area (Å²) >= 11 is 0. The van der Waals surface area contributed by atoms with Crippen LogP contribution in [0.25, 0.3) is 0 Å². The number of urea groups is 1. The number of carbonyl (C=O) groups excluding carboxylic acids is 2. The molecule has 1 atom stereocenters. The predicted octanol–water partition coefficient (Wildman–Crippen LogP) is 1.01. The van der Waals surface area contributed by atoms with Crippen LogP contribution in [0, 0.1) is 0 Å². The lowest BCUT2D eigenvalue weighted by molar-refractivity contribution is -0.120. The highest BCUT2D eigenvalue weighted by molar-refractivity contribution is 5.97. The van der Waals surface area contributed by atoms with E-state index >= 15 is 0 Å². The Morgan fingerprint density at radius 1 is 1.16 bits per heavy atom. The average molecular weight is 264 g/mol. The molecule has 0 saturated heterocycles. The molecule has 1 aromatic carbocycles. The maximum Gasteiger partial charge on any atom is 0.321 e. The van der Waals surface area contributed by atoms with E-state index in [0.29, 0.717) is 0 Å². The molecule has 0 aliphatic rings. The molecule has 0 aliphatic carbocycles. The van der Waals surface area contributed by atoms with Crippen LogP contribution >= 0.6 is 0 Å². The van der Waals surface area contributed by atoms with Gasteiger partial charge in [0.05, 0.1) is 0 Å². The number of benzene rings is 1. The fraction of sp³-hybridized carbons (Fsp3) is 0.385. The summed E-state index contributed by atoms with van der Waals surface area (Å²) in [5.41, 5.74) is 1.90. The Kier molecular flexibility index (Phi) is 5.17. The van der Waals surface area contributed by atoms with Crippen LogP contribution in [-0.4, -0.2) is 39.1 Å². The van der Waals surface area contributed by atoms with Crippen molar-refractivity contribution < 1.29 is 9.59 Å². The van der Waals surface area contributed by atoms with Crippen molar-refractivity contribution in [2.45, 2.75) is 13.0 Å². The van der Waals surface area contributed by atoms with E-state index in [2.05, 4.69) is 16.0 Å². The number of imide groups is 1. The Labute approximate surface area is 113 Å². The van der Waals surface area contributed by atoms with Crippen molar-refractivity contribution in [2.24, 2.45) is 0 Å². The fourth-order valence-electron chi connectivity index (χ4n) is 1.45. The molecule has 0 heterocycles. The highest BCUT2D eigenvalue weighted by Gasteiger charge is 2.14. The van der Waals surface area contributed by atoms with Crippen LogP contribution < -0.4 is 20.9 Å². The molecule has 0 saturated carbocycles. The van der Waals surface area contributed by atoms with E-state index in [0.717, 1.165) is 11.4 Å². The van der Waals surface area contributed by atoms with Gasteiger partial charge >= 0.3 is 6.03 Å². The van der Waals surface area contributed by atoms with Crippen molar-refractivity contribution in [2.75, 3.05) is 31.4 Å². The molecule has 6 nitrogen and oxygen atoms in total. The molecule has 0 radical (unpaired) electrons. The second kappa shape index (κ2) is 6.63. The third kappa shape index (κ3) is 4.50. The number of rotatable bonds is 4. The third-order valence-electron chi connectivity index (χ3n) is 2.62. The van der Waals surface area contributed by atoms with Gasteiger partial charge in [0.2, 0.25) is 5.91 Å². The number of nitrogens with one attached hydrogen (secondary N) is 3. The van der Waals surface area contributed by atoms with Crippen molar-refractivity contribution in [3.63, 3.8) is 0 Å². The number of anilines is 2. The Hall–Kier alpha value is -2.24. The molecule has 0 aliphatic heterocycles. The molecular formula is C13H20N4O2. The Morgan fingerprint density at radius 3 is 2.21 bits per heavy atom. The van der Waals surface area contributed by atoms with Crippen LogP contribution in [-0.2, 0) is 4.79 Å². The molecule has 3 amide bonds. The summed E-state index contributed by atoms with van der Waals surface area (Å²) in [5.74, 6) is -0.379. The maximum absolute atomic E-state index is 11.6. The van der Waals surface area contributed by atoms with Crippen LogP contribution in [0.5, 0.6) is 0 Å². The minimum absolute atomic E-state index is 0.379. The highest BCUT2D eigenvalue weighted by Crippen LogP contribution is 2.16. The van der Waals surface area contributed by atoms with Crippen molar-refractivity contribution in [3.05, 3.63) is 24.3 Å². The first-order valence-corrected chi connectivity index (χ1v) is 6.00. The molecule has 1 rings (SSSR count). The molecule has 0 spiro atoms. The summed E-state index contributed by atoms with van der Waals surface area (Å²) in [5, 5.41) is 7.58. The van der Waals surface area contributed by atoms with Gasteiger partial charge < -0.3 is 15.5 Å². The van der Waals surface area contributed by atoms with Gasteiger partial charge in [-0.2, -0.15) is 0 Å². The molecule has 104 valence electrons. The van der Waals surface area contributed by atoms with Crippen LogP contribution in [0.1, 0.15) is 6.92 Å². The summed E-state index contributed by atoms with van der Waals surface area (Å²) in [6, 6.07) is 6.67. The van der Waals surface area contributed by atoms with Crippen molar-refractivity contribution >= 4 is 23.3 Å². The predicted molar refractivity (Wildman–Crippen MR) is 76.5 cm³/mol. The summed E-state index contributed by atoms with van der Waals surface area (Å²) < 4.78 is 0. The number of amides is 3. The molecule has 1 unspecified atom stereocenters. The van der Waals surface area contributed by atoms with E-state index in [4.69, 9.17) is 0 Å². The second-order valence-corrected chi connectivity index (χ2v) is 4.38. The zero-order chi connectivity index (χ0) is 14.4. The van der Waals surface area contributed by atoms with Crippen LogP contribution in [0.15, 0.2) is 24.3 Å². The molecule has 0 fully saturated rings. The monoisotopic (exact) mass is 264 g/mol. The minimum Gasteiger partial charge on any atom is -0.378 e. The lowest BCUT2D eigenvalue weighted by Gasteiger charge is -2.16. The van der Waals surface area contributed by atoms with Gasteiger partial charge in [0, 0.05) is 32.5 Å². The molecule has 3 N–H and O–H groups in total. The number of nitrogens with zero attached hydrogens (tertiary/aromatic N) is 1. The first-order chi connectivity index (χ1) is 8.93. The Bertz CT molecular complexity index is 442. The largest absolute Gasteiger partial charge is 0.378 e. The van der Waals surface area contributed by atoms with E-state index in [1.807, 2.05) is 43.3 Å². The maximum atomic E-state index is 11.6. The van der Waals surface area contributed by atoms with E-state index < -0.39 is 12.1 Å². The third-order valence-corrected chi connectivity index (χ3v) is 2.62. The van der Waals surface area contributed by atoms with Gasteiger partial charge in [-0.15, -0.1) is 0 Å². The summed E-state index contributed by atoms with van der Waals surface area (Å²) in [4.78, 5) is 24.7. The summed E-state index contributed by atoms with van der Waals surface area (Å²) in [6.07, 6.45) is 0. The number of hydrogen-bond acceptors (Lipinski definition) is 4. The van der Waals surface area contributed by atoms with Gasteiger partial charge in [0.1, 0.15) is 6.04 Å². The second-order valence-electron chi connectivity index (χ2n) is 4.38. The van der Waals surface area contributed by atoms with Gasteiger partial charge in [-0.25, -0.2) is 4.79 Å². The fourth-order valence-corrected chi connectivity index (χ4v) is 1.45. The van der Waals surface area contributed by atoms with Crippen molar-refractivity contribution in [3.8, 4) is 0 Å². The van der Waals surface area contributed by atoms with Crippen LogP contribution in [0.3, 0.4) is 0 Å². The number of carbonyl (C=O) groups is 2. The normalized spacial score (nSPS) is 11.4. The zero-order valence-corrected chi connectivity index (χ0v) is 11.7. The van der Waals surface area contributed by atoms with E-state index in [1.165, 1.54) is 7.05 Å². The zero-order valence-electron chi connectivity index (χ0n) is 11.7.